The molecule has 6 nitrogen and oxygen atoms in total. The molecule has 0 atom stereocenters. The van der Waals surface area contributed by atoms with Gasteiger partial charge in [-0.25, -0.2) is 9.18 Å². The summed E-state index contributed by atoms with van der Waals surface area (Å²) in [7, 11) is 3.97. The van der Waals surface area contributed by atoms with Gasteiger partial charge in [0.2, 0.25) is 5.91 Å². The molecule has 41 heavy (non-hydrogen) atoms. The minimum atomic E-state index is -0.674. The predicted octanol–water partition coefficient (Wildman–Crippen LogP) is 7.14. The van der Waals surface area contributed by atoms with Gasteiger partial charge >= 0.3 is 5.97 Å². The van der Waals surface area contributed by atoms with E-state index in [-0.39, 0.29) is 12.5 Å². The number of hydrogen-bond acceptors (Lipinski definition) is 5. The second kappa shape index (κ2) is 13.3. The molecule has 1 amide bonds. The number of halogens is 1. The van der Waals surface area contributed by atoms with E-state index in [2.05, 4.69) is 11.4 Å². The summed E-state index contributed by atoms with van der Waals surface area (Å²) in [5.74, 6) is -1.20. The lowest BCUT2D eigenvalue weighted by Crippen LogP contribution is -2.40. The van der Waals surface area contributed by atoms with Crippen LogP contribution >= 0.6 is 0 Å². The Kier molecular flexibility index (Phi) is 9.57. The number of amides is 1. The minimum Gasteiger partial charge on any atom is -0.463 e. The number of nitriles is 1. The van der Waals surface area contributed by atoms with Crippen LogP contribution in [0, 0.1) is 22.6 Å². The summed E-state index contributed by atoms with van der Waals surface area (Å²) < 4.78 is 19.3. The Hall–Kier alpha value is -4.44. The van der Waals surface area contributed by atoms with Crippen molar-refractivity contribution in [2.75, 3.05) is 30.9 Å². The zero-order valence-electron chi connectivity index (χ0n) is 23.9. The van der Waals surface area contributed by atoms with E-state index in [4.69, 9.17) is 4.74 Å². The van der Waals surface area contributed by atoms with Crippen molar-refractivity contribution in [3.8, 4) is 17.2 Å². The number of rotatable bonds is 9. The number of carbonyl (C=O) groups excluding carboxylic acids is 2. The molecule has 1 aliphatic carbocycles. The van der Waals surface area contributed by atoms with Crippen LogP contribution in [0.25, 0.3) is 17.2 Å². The molecule has 1 fully saturated rings. The van der Waals surface area contributed by atoms with Crippen LogP contribution in [-0.4, -0.2) is 32.6 Å². The largest absolute Gasteiger partial charge is 0.463 e. The van der Waals surface area contributed by atoms with Crippen LogP contribution in [0.5, 0.6) is 0 Å². The maximum absolute atomic E-state index is 14.4. The Morgan fingerprint density at radius 3 is 2.44 bits per heavy atom. The average molecular weight is 554 g/mol. The number of nitrogens with zero attached hydrogens (tertiary/aromatic N) is 2. The fourth-order valence-corrected chi connectivity index (χ4v) is 5.49. The summed E-state index contributed by atoms with van der Waals surface area (Å²) in [4.78, 5) is 27.5. The fraction of sp³-hybridized carbons (Fsp3) is 0.324. The molecule has 0 saturated heterocycles. The summed E-state index contributed by atoms with van der Waals surface area (Å²) in [6, 6.07) is 20.5. The van der Waals surface area contributed by atoms with E-state index in [0.29, 0.717) is 36.1 Å². The van der Waals surface area contributed by atoms with E-state index < -0.39 is 17.2 Å². The SMILES string of the molecule is CCOC(=O)/C=C/c1cc(F)cc(NC(=O)C2(Cc3ccc(-c4ccc(N(C)C)cc4)c(C#N)c3)CCCCC2)c1. The number of carbonyl (C=O) groups is 2. The summed E-state index contributed by atoms with van der Waals surface area (Å²) in [5.41, 5.74) is 4.48. The molecule has 7 heteroatoms. The zero-order valence-corrected chi connectivity index (χ0v) is 23.9. The molecule has 0 unspecified atom stereocenters. The summed E-state index contributed by atoms with van der Waals surface area (Å²) in [6.45, 7) is 1.96. The number of anilines is 2. The second-order valence-electron chi connectivity index (χ2n) is 10.8. The van der Waals surface area contributed by atoms with Crippen LogP contribution in [0.2, 0.25) is 0 Å². The van der Waals surface area contributed by atoms with Gasteiger partial charge in [-0.05, 0) is 90.9 Å². The van der Waals surface area contributed by atoms with Gasteiger partial charge in [-0.2, -0.15) is 5.26 Å². The molecule has 3 aromatic rings. The van der Waals surface area contributed by atoms with E-state index in [1.54, 1.807) is 13.0 Å². The molecule has 212 valence electrons. The molecular formula is C34H36FN3O3. The third-order valence-corrected chi connectivity index (χ3v) is 7.61. The number of hydrogen-bond donors (Lipinski definition) is 1. The summed E-state index contributed by atoms with van der Waals surface area (Å²) in [5, 5.41) is 12.9. The average Bonchev–Trinajstić information content (AvgIpc) is 2.96. The van der Waals surface area contributed by atoms with Crippen LogP contribution in [0.3, 0.4) is 0 Å². The smallest absolute Gasteiger partial charge is 0.330 e. The van der Waals surface area contributed by atoms with E-state index in [1.165, 1.54) is 24.3 Å². The molecule has 0 bridgehead atoms. The van der Waals surface area contributed by atoms with Crippen molar-refractivity contribution >= 4 is 29.3 Å². The highest BCUT2D eigenvalue weighted by Crippen LogP contribution is 2.41. The lowest BCUT2D eigenvalue weighted by atomic mass is 9.69. The first-order chi connectivity index (χ1) is 19.7. The van der Waals surface area contributed by atoms with Crippen molar-refractivity contribution in [3.05, 3.63) is 89.2 Å². The first-order valence-electron chi connectivity index (χ1n) is 14.0. The highest BCUT2D eigenvalue weighted by molar-refractivity contribution is 5.96. The Balaban J connectivity index is 1.57. The molecule has 0 aromatic heterocycles. The molecule has 1 saturated carbocycles. The van der Waals surface area contributed by atoms with Gasteiger partial charge in [0.05, 0.1) is 23.7 Å². The van der Waals surface area contributed by atoms with Crippen molar-refractivity contribution in [2.45, 2.75) is 45.4 Å². The Labute approximate surface area is 241 Å². The summed E-state index contributed by atoms with van der Waals surface area (Å²) >= 11 is 0. The maximum Gasteiger partial charge on any atom is 0.330 e. The first kappa shape index (κ1) is 29.5. The van der Waals surface area contributed by atoms with Gasteiger partial charge in [-0.3, -0.25) is 4.79 Å². The lowest BCUT2D eigenvalue weighted by Gasteiger charge is -2.36. The molecule has 1 N–H and O–H groups in total. The molecule has 4 rings (SSSR count). The van der Waals surface area contributed by atoms with Crippen LogP contribution < -0.4 is 10.2 Å². The quantitative estimate of drug-likeness (QED) is 0.225. The van der Waals surface area contributed by atoms with Crippen LogP contribution in [0.4, 0.5) is 15.8 Å². The molecule has 1 aliphatic rings. The monoisotopic (exact) mass is 553 g/mol. The topological polar surface area (TPSA) is 82.4 Å². The van der Waals surface area contributed by atoms with E-state index in [1.807, 2.05) is 61.5 Å². The molecular weight excluding hydrogens is 517 g/mol. The molecule has 0 radical (unpaired) electrons. The number of nitrogens with one attached hydrogen (secondary N) is 1. The zero-order chi connectivity index (χ0) is 29.4. The number of esters is 1. The van der Waals surface area contributed by atoms with Crippen molar-refractivity contribution in [1.29, 1.82) is 5.26 Å². The van der Waals surface area contributed by atoms with Crippen LogP contribution in [-0.2, 0) is 20.7 Å². The maximum atomic E-state index is 14.4. The van der Waals surface area contributed by atoms with Gasteiger partial charge in [0.25, 0.3) is 0 Å². The third-order valence-electron chi connectivity index (χ3n) is 7.61. The van der Waals surface area contributed by atoms with E-state index in [9.17, 15) is 19.2 Å². The van der Waals surface area contributed by atoms with Gasteiger partial charge < -0.3 is 15.0 Å². The highest BCUT2D eigenvalue weighted by Gasteiger charge is 2.39. The standard InChI is InChI=1S/C34H36FN3O3/c1-4-41-32(39)15-9-24-19-28(35)21-29(20-24)37-33(40)34(16-6-5-7-17-34)22-25-8-14-31(27(18-25)23-36)26-10-12-30(13-11-26)38(2)3/h8-15,18-21H,4-7,16-17,22H2,1-3H3,(H,37,40)/b15-9+. The van der Waals surface area contributed by atoms with Crippen molar-refractivity contribution in [3.63, 3.8) is 0 Å². The van der Waals surface area contributed by atoms with E-state index >= 15 is 0 Å². The molecule has 0 heterocycles. The number of benzene rings is 3. The van der Waals surface area contributed by atoms with Gasteiger partial charge in [0.1, 0.15) is 5.82 Å². The van der Waals surface area contributed by atoms with Crippen molar-refractivity contribution < 1.29 is 18.7 Å². The minimum absolute atomic E-state index is 0.162. The Morgan fingerprint density at radius 1 is 1.05 bits per heavy atom. The lowest BCUT2D eigenvalue weighted by molar-refractivity contribution is -0.137. The predicted molar refractivity (Wildman–Crippen MR) is 161 cm³/mol. The van der Waals surface area contributed by atoms with Crippen molar-refractivity contribution in [1.82, 2.24) is 0 Å². The third kappa shape index (κ3) is 7.40. The normalized spacial score (nSPS) is 14.3. The fourth-order valence-electron chi connectivity index (χ4n) is 5.49. The Morgan fingerprint density at radius 2 is 1.78 bits per heavy atom. The van der Waals surface area contributed by atoms with Crippen molar-refractivity contribution in [2.24, 2.45) is 5.41 Å². The highest BCUT2D eigenvalue weighted by atomic mass is 19.1. The first-order valence-corrected chi connectivity index (χ1v) is 14.0. The van der Waals surface area contributed by atoms with Crippen LogP contribution in [0.15, 0.2) is 66.7 Å². The van der Waals surface area contributed by atoms with Gasteiger partial charge in [0, 0.05) is 31.5 Å². The molecule has 3 aromatic carbocycles. The van der Waals surface area contributed by atoms with Gasteiger partial charge in [-0.1, -0.05) is 43.5 Å². The van der Waals surface area contributed by atoms with Gasteiger partial charge in [-0.15, -0.1) is 0 Å². The Bertz CT molecular complexity index is 1470. The summed E-state index contributed by atoms with van der Waals surface area (Å²) in [6.07, 6.45) is 7.50. The number of ether oxygens (including phenoxy) is 1. The van der Waals surface area contributed by atoms with E-state index in [0.717, 1.165) is 41.6 Å². The van der Waals surface area contributed by atoms with Crippen LogP contribution in [0.1, 0.15) is 55.7 Å². The second-order valence-corrected chi connectivity index (χ2v) is 10.8. The molecule has 0 spiro atoms. The molecule has 0 aliphatic heterocycles. The van der Waals surface area contributed by atoms with Gasteiger partial charge in [0.15, 0.2) is 0 Å².